The average molecular weight is 463 g/mol. The fourth-order valence-corrected chi connectivity index (χ4v) is 2.97. The second kappa shape index (κ2) is 15.4. The minimum absolute atomic E-state index is 0.103. The van der Waals surface area contributed by atoms with Crippen LogP contribution in [0.15, 0.2) is 24.3 Å². The number of anilines is 1. The van der Waals surface area contributed by atoms with Crippen molar-refractivity contribution in [1.82, 2.24) is 10.6 Å². The monoisotopic (exact) mass is 462 g/mol. The summed E-state index contributed by atoms with van der Waals surface area (Å²) in [4.78, 5) is 36.9. The fraction of sp³-hybridized carbons (Fsp3) is 0.640. The van der Waals surface area contributed by atoms with E-state index in [0.717, 1.165) is 24.8 Å². The molecule has 0 aliphatic rings. The first-order chi connectivity index (χ1) is 15.6. The number of ether oxygens (including phenoxy) is 1. The van der Waals surface area contributed by atoms with Crippen LogP contribution >= 0.6 is 0 Å². The molecule has 0 spiro atoms. The first-order valence-electron chi connectivity index (χ1n) is 11.9. The lowest BCUT2D eigenvalue weighted by Gasteiger charge is -2.21. The highest BCUT2D eigenvalue weighted by molar-refractivity contribution is 5.96. The molecule has 5 N–H and O–H groups in total. The highest BCUT2D eigenvalue weighted by atomic mass is 16.5. The predicted octanol–water partition coefficient (Wildman–Crippen LogP) is 2.96. The van der Waals surface area contributed by atoms with Gasteiger partial charge < -0.3 is 26.4 Å². The molecular formula is C25H42N4O4. The average Bonchev–Trinajstić information content (AvgIpc) is 2.77. The van der Waals surface area contributed by atoms with Crippen LogP contribution < -0.4 is 21.7 Å². The molecule has 1 aromatic rings. The van der Waals surface area contributed by atoms with E-state index in [1.165, 1.54) is 0 Å². The quantitative estimate of drug-likeness (QED) is 0.299. The molecular weight excluding hydrogens is 420 g/mol. The maximum Gasteiger partial charge on any atom is 0.243 e. The van der Waals surface area contributed by atoms with Gasteiger partial charge in [-0.25, -0.2) is 0 Å². The van der Waals surface area contributed by atoms with Gasteiger partial charge in [0.2, 0.25) is 17.7 Å². The molecule has 0 aliphatic heterocycles. The molecule has 2 unspecified atom stereocenters. The third-order valence-electron chi connectivity index (χ3n) is 5.49. The summed E-state index contributed by atoms with van der Waals surface area (Å²) in [5.41, 5.74) is 7.12. The summed E-state index contributed by atoms with van der Waals surface area (Å²) < 4.78 is 5.81. The first-order valence-corrected chi connectivity index (χ1v) is 11.9. The Bertz CT molecular complexity index is 734. The molecule has 0 aliphatic carbocycles. The highest BCUT2D eigenvalue weighted by Gasteiger charge is 2.24. The van der Waals surface area contributed by atoms with Crippen LogP contribution in [0, 0.1) is 11.8 Å². The zero-order valence-corrected chi connectivity index (χ0v) is 20.8. The second-order valence-corrected chi connectivity index (χ2v) is 9.11. The molecule has 0 aromatic heterocycles. The standard InChI is InChI=1S/C25H42N4O4/c1-17(2)19(5)33-16-20-10-12-21(13-11-20)28-23(31)15-27-25(32)24(18(3)4)29-22(30)9-7-6-8-14-26/h10-13,17-19,24H,6-9,14-16,26H2,1-5H3,(H,27,32)(H,28,31)(H,29,30). The molecule has 3 amide bonds. The first kappa shape index (κ1) is 28.6. The van der Waals surface area contributed by atoms with Gasteiger partial charge in [0.05, 0.1) is 19.3 Å². The predicted molar refractivity (Wildman–Crippen MR) is 131 cm³/mol. The number of nitrogens with two attached hydrogens (primary N) is 1. The molecule has 0 heterocycles. The van der Waals surface area contributed by atoms with Crippen LogP contribution in [0.25, 0.3) is 0 Å². The van der Waals surface area contributed by atoms with E-state index in [2.05, 4.69) is 29.8 Å². The van der Waals surface area contributed by atoms with E-state index in [0.29, 0.717) is 31.2 Å². The zero-order valence-electron chi connectivity index (χ0n) is 20.8. The minimum Gasteiger partial charge on any atom is -0.374 e. The second-order valence-electron chi connectivity index (χ2n) is 9.11. The normalized spacial score (nSPS) is 13.0. The fourth-order valence-electron chi connectivity index (χ4n) is 2.97. The number of rotatable bonds is 15. The van der Waals surface area contributed by atoms with E-state index in [4.69, 9.17) is 10.5 Å². The summed E-state index contributed by atoms with van der Waals surface area (Å²) in [5, 5.41) is 8.16. The molecule has 186 valence electrons. The third kappa shape index (κ3) is 11.8. The van der Waals surface area contributed by atoms with E-state index < -0.39 is 6.04 Å². The zero-order chi connectivity index (χ0) is 24.8. The SMILES string of the molecule is CC(C)C(C)OCc1ccc(NC(=O)CNC(=O)C(NC(=O)CCCCCN)C(C)C)cc1. The maximum absolute atomic E-state index is 12.5. The number of carbonyl (C=O) groups is 3. The van der Waals surface area contributed by atoms with Crippen molar-refractivity contribution in [2.75, 3.05) is 18.4 Å². The number of unbranched alkanes of at least 4 members (excludes halogenated alkanes) is 2. The number of hydrogen-bond donors (Lipinski definition) is 4. The van der Waals surface area contributed by atoms with Crippen molar-refractivity contribution < 1.29 is 19.1 Å². The van der Waals surface area contributed by atoms with Gasteiger partial charge >= 0.3 is 0 Å². The van der Waals surface area contributed by atoms with Crippen LogP contribution in [0.4, 0.5) is 5.69 Å². The Morgan fingerprint density at radius 1 is 0.909 bits per heavy atom. The molecule has 0 saturated heterocycles. The summed E-state index contributed by atoms with van der Waals surface area (Å²) >= 11 is 0. The van der Waals surface area contributed by atoms with Gasteiger partial charge in [-0.15, -0.1) is 0 Å². The Kier molecular flexibility index (Phi) is 13.3. The van der Waals surface area contributed by atoms with Gasteiger partial charge in [0.25, 0.3) is 0 Å². The Morgan fingerprint density at radius 2 is 1.58 bits per heavy atom. The van der Waals surface area contributed by atoms with Crippen LogP contribution in [-0.2, 0) is 25.7 Å². The van der Waals surface area contributed by atoms with Crippen LogP contribution in [0.2, 0.25) is 0 Å². The van der Waals surface area contributed by atoms with Gasteiger partial charge in [-0.3, -0.25) is 14.4 Å². The minimum atomic E-state index is -0.688. The van der Waals surface area contributed by atoms with Gasteiger partial charge in [-0.2, -0.15) is 0 Å². The van der Waals surface area contributed by atoms with Crippen LogP contribution in [-0.4, -0.2) is 43.0 Å². The molecule has 1 aromatic carbocycles. The molecule has 33 heavy (non-hydrogen) atoms. The van der Waals surface area contributed by atoms with Crippen molar-refractivity contribution in [2.24, 2.45) is 17.6 Å². The lowest BCUT2D eigenvalue weighted by Crippen LogP contribution is -2.51. The molecule has 0 saturated carbocycles. The summed E-state index contributed by atoms with van der Waals surface area (Å²) in [6.07, 6.45) is 3.02. The lowest BCUT2D eigenvalue weighted by molar-refractivity contribution is -0.130. The van der Waals surface area contributed by atoms with E-state index in [9.17, 15) is 14.4 Å². The number of carbonyl (C=O) groups excluding carboxylic acids is 3. The summed E-state index contributed by atoms with van der Waals surface area (Å²) in [7, 11) is 0. The largest absolute Gasteiger partial charge is 0.374 e. The lowest BCUT2D eigenvalue weighted by atomic mass is 10.0. The molecule has 0 bridgehead atoms. The molecule has 1 rings (SSSR count). The van der Waals surface area contributed by atoms with E-state index in [1.807, 2.05) is 32.9 Å². The molecule has 0 radical (unpaired) electrons. The molecule has 2 atom stereocenters. The number of hydrogen-bond acceptors (Lipinski definition) is 5. The number of nitrogens with one attached hydrogen (secondary N) is 3. The van der Waals surface area contributed by atoms with Gasteiger partial charge in [0, 0.05) is 12.1 Å². The summed E-state index contributed by atoms with van der Waals surface area (Å²) in [6, 6.07) is 6.73. The van der Waals surface area contributed by atoms with E-state index in [1.54, 1.807) is 12.1 Å². The Morgan fingerprint density at radius 3 is 2.15 bits per heavy atom. The van der Waals surface area contributed by atoms with Crippen molar-refractivity contribution in [3.8, 4) is 0 Å². The molecule has 8 nitrogen and oxygen atoms in total. The van der Waals surface area contributed by atoms with Crippen molar-refractivity contribution >= 4 is 23.4 Å². The van der Waals surface area contributed by atoms with E-state index >= 15 is 0 Å². The molecule has 8 heteroatoms. The molecule has 0 fully saturated rings. The van der Waals surface area contributed by atoms with Gasteiger partial charge in [0.1, 0.15) is 6.04 Å². The smallest absolute Gasteiger partial charge is 0.243 e. The van der Waals surface area contributed by atoms with Gasteiger partial charge in [0.15, 0.2) is 0 Å². The van der Waals surface area contributed by atoms with Crippen LogP contribution in [0.5, 0.6) is 0 Å². The van der Waals surface area contributed by atoms with E-state index in [-0.39, 0.29) is 36.3 Å². The summed E-state index contributed by atoms with van der Waals surface area (Å²) in [5.74, 6) is -0.534. The van der Waals surface area contributed by atoms with Crippen molar-refractivity contribution in [3.63, 3.8) is 0 Å². The summed E-state index contributed by atoms with van der Waals surface area (Å²) in [6.45, 7) is 10.9. The topological polar surface area (TPSA) is 123 Å². The maximum atomic E-state index is 12.5. The Balaban J connectivity index is 2.45. The van der Waals surface area contributed by atoms with Crippen molar-refractivity contribution in [2.45, 2.75) is 79.1 Å². The number of benzene rings is 1. The highest BCUT2D eigenvalue weighted by Crippen LogP contribution is 2.13. The van der Waals surface area contributed by atoms with Gasteiger partial charge in [-0.1, -0.05) is 46.2 Å². The Hall–Kier alpha value is -2.45. The van der Waals surface area contributed by atoms with Crippen LogP contribution in [0.3, 0.4) is 0 Å². The van der Waals surface area contributed by atoms with Crippen molar-refractivity contribution in [3.05, 3.63) is 29.8 Å². The third-order valence-corrected chi connectivity index (χ3v) is 5.49. The van der Waals surface area contributed by atoms with Crippen LogP contribution in [0.1, 0.15) is 65.9 Å². The van der Waals surface area contributed by atoms with Crippen molar-refractivity contribution in [1.29, 1.82) is 0 Å². The Labute approximate surface area is 198 Å². The number of amides is 3. The van der Waals surface area contributed by atoms with Gasteiger partial charge in [-0.05, 0) is 55.8 Å².